The molecule has 1 fully saturated rings. The van der Waals surface area contributed by atoms with Gasteiger partial charge in [0.05, 0.1) is 16.9 Å². The first-order chi connectivity index (χ1) is 23.0. The highest BCUT2D eigenvalue weighted by atomic mass is 127. The molecular weight excluding hydrogens is 918 g/mol. The maximum atomic E-state index is 15.3. The molecule has 0 radical (unpaired) electrons. The third-order valence-corrected chi connectivity index (χ3v) is 9.91. The number of benzene rings is 2. The number of amides is 1. The predicted octanol–water partition coefficient (Wildman–Crippen LogP) is 6.83. The average Bonchev–Trinajstić information content (AvgIpc) is 2.91. The summed E-state index contributed by atoms with van der Waals surface area (Å²) < 4.78 is 93.0. The van der Waals surface area contributed by atoms with Crippen molar-refractivity contribution in [2.45, 2.75) is 45.5 Å². The van der Waals surface area contributed by atoms with Gasteiger partial charge in [-0.05, 0) is 72.2 Å². The molecule has 1 saturated carbocycles. The topological polar surface area (TPSA) is 140 Å². The van der Waals surface area contributed by atoms with Crippen LogP contribution in [0.3, 0.4) is 0 Å². The number of anilines is 3. The van der Waals surface area contributed by atoms with E-state index in [2.05, 4.69) is 95.9 Å². The molecule has 0 spiro atoms. The van der Waals surface area contributed by atoms with Crippen molar-refractivity contribution in [2.24, 2.45) is 0 Å². The van der Waals surface area contributed by atoms with E-state index in [1.165, 1.54) is 19.1 Å². The summed E-state index contributed by atoms with van der Waals surface area (Å²) in [7, 11) is -4.42. The Labute approximate surface area is 330 Å². The van der Waals surface area contributed by atoms with Crippen LogP contribution in [0.4, 0.5) is 34.8 Å². The second-order valence-electron chi connectivity index (χ2n) is 10.5. The van der Waals surface area contributed by atoms with Crippen LogP contribution in [-0.4, -0.2) is 37.8 Å². The number of hydrogen-bond donors (Lipinski definition) is 10. The molecule has 3 aromatic rings. The first-order valence-electron chi connectivity index (χ1n) is 14.1. The van der Waals surface area contributed by atoms with Crippen LogP contribution in [0.1, 0.15) is 42.1 Å². The normalized spacial score (nSPS) is 14.2. The van der Waals surface area contributed by atoms with Crippen LogP contribution in [-0.2, 0) is 17.2 Å². The highest BCUT2D eigenvalue weighted by Crippen LogP contribution is 2.49. The van der Waals surface area contributed by atoms with E-state index < -0.39 is 80.7 Å². The Morgan fingerprint density at radius 2 is 1.70 bits per heavy atom. The van der Waals surface area contributed by atoms with Gasteiger partial charge in [-0.3, -0.25) is 18.9 Å². The van der Waals surface area contributed by atoms with Gasteiger partial charge in [-0.1, -0.05) is 13.0 Å². The fourth-order valence-corrected chi connectivity index (χ4v) is 7.09. The van der Waals surface area contributed by atoms with E-state index in [4.69, 9.17) is 4.74 Å². The first-order valence-corrected chi connectivity index (χ1v) is 19.3. The van der Waals surface area contributed by atoms with Gasteiger partial charge in [-0.15, -0.1) is 88.9 Å². The lowest BCUT2D eigenvalue weighted by Gasteiger charge is -2.32. The summed E-state index contributed by atoms with van der Waals surface area (Å²) in [6.45, 7) is 1.32. The maximum absolute atomic E-state index is 15.3. The molecule has 1 aliphatic carbocycles. The molecular formula is C27H28F4IN5O6S7. The summed E-state index contributed by atoms with van der Waals surface area (Å²) >= 11 is 27.7. The summed E-state index contributed by atoms with van der Waals surface area (Å²) in [4.78, 5) is 28.6. The Kier molecular flexibility index (Phi) is 13.1. The number of rotatable bonds is 13. The molecule has 4 rings (SSSR count). The number of carbonyl (C=O) groups excluding carboxylic acids is 1. The van der Waals surface area contributed by atoms with Crippen molar-refractivity contribution < 1.29 is 40.2 Å². The number of hydrogen-bond acceptors (Lipinski definition) is 13. The maximum Gasteiger partial charge on any atom is 0.573 e. The zero-order chi connectivity index (χ0) is 37.4. The van der Waals surface area contributed by atoms with E-state index in [0.29, 0.717) is 16.4 Å². The second kappa shape index (κ2) is 15.9. The zero-order valence-corrected chi connectivity index (χ0v) is 33.6. The Hall–Kier alpha value is -1.48. The summed E-state index contributed by atoms with van der Waals surface area (Å²) in [5, 5.41) is 5.46. The summed E-state index contributed by atoms with van der Waals surface area (Å²) in [5.74, 6) is -5.04. The molecule has 0 atom stereocenters. The van der Waals surface area contributed by atoms with E-state index in [1.807, 2.05) is 27.3 Å². The van der Waals surface area contributed by atoms with Crippen LogP contribution in [0.2, 0.25) is 0 Å². The summed E-state index contributed by atoms with van der Waals surface area (Å²) in [5.41, 5.74) is -3.33. The van der Waals surface area contributed by atoms with E-state index in [0.717, 1.165) is 35.3 Å². The van der Waals surface area contributed by atoms with Gasteiger partial charge in [-0.2, -0.15) is 13.1 Å². The van der Waals surface area contributed by atoms with Crippen molar-refractivity contribution in [3.63, 3.8) is 0 Å². The average molecular weight is 946 g/mol. The number of nitrogens with zero attached hydrogens (tertiary/aromatic N) is 1. The van der Waals surface area contributed by atoms with Gasteiger partial charge in [0.2, 0.25) is 0 Å². The Balaban J connectivity index is 2.13. The van der Waals surface area contributed by atoms with Gasteiger partial charge in [0.1, 0.15) is 20.6 Å². The van der Waals surface area contributed by atoms with Crippen molar-refractivity contribution in [1.29, 1.82) is 0 Å². The number of para-hydroxylation sites is 1. The number of pyridine rings is 1. The fraction of sp³-hybridized carbons (Fsp3) is 0.333. The van der Waals surface area contributed by atoms with Gasteiger partial charge < -0.3 is 20.1 Å². The molecule has 11 nitrogen and oxygen atoms in total. The van der Waals surface area contributed by atoms with Crippen molar-refractivity contribution in [1.82, 2.24) is 14.6 Å². The minimum Gasteiger partial charge on any atom is -0.452 e. The highest BCUT2D eigenvalue weighted by molar-refractivity contribution is 14.1. The number of ether oxygens (including phenoxy) is 2. The van der Waals surface area contributed by atoms with Crippen LogP contribution in [0.15, 0.2) is 41.2 Å². The summed E-state index contributed by atoms with van der Waals surface area (Å²) in [6.07, 6.45) is -3.46. The standard InChI is InChI=1S/C27H28F4IN5O6S7/c1-2-33-50(40,41)36-16-7-4-8-17(20(16)43-26(29,30)31)42-21-18(23(38)34-13-5-3-6-13)22(35-15-10-9-12(32)11-14(15)28)37(27(47,48)49)24(39)19(21)25(44,45)46/h4,7-11,13,33,35-36,44-49H,2-3,5-6H2,1H3,(H,34,38). The number of aromatic nitrogens is 1. The van der Waals surface area contributed by atoms with Gasteiger partial charge in [0, 0.05) is 16.2 Å². The lowest BCUT2D eigenvalue weighted by molar-refractivity contribution is -0.274. The molecule has 0 saturated heterocycles. The number of nitrogens with one attached hydrogen (secondary N) is 4. The quantitative estimate of drug-likeness (QED) is 0.0393. The number of carbonyl (C=O) groups is 1. The van der Waals surface area contributed by atoms with Crippen molar-refractivity contribution in [2.75, 3.05) is 16.6 Å². The largest absolute Gasteiger partial charge is 0.573 e. The molecule has 0 aliphatic heterocycles. The van der Waals surface area contributed by atoms with Crippen molar-refractivity contribution in [3.8, 4) is 17.2 Å². The van der Waals surface area contributed by atoms with Crippen LogP contribution in [0, 0.1) is 9.39 Å². The van der Waals surface area contributed by atoms with Gasteiger partial charge >= 0.3 is 6.36 Å². The highest BCUT2D eigenvalue weighted by Gasteiger charge is 2.41. The molecule has 4 N–H and O–H groups in total. The molecule has 50 heavy (non-hydrogen) atoms. The smallest absolute Gasteiger partial charge is 0.452 e. The Bertz CT molecular complexity index is 1950. The molecule has 1 amide bonds. The SMILES string of the molecule is CCNS(=O)(=O)Nc1cccc(Oc2c(C(=O)NC3CCC3)c(Nc3ccc(I)cc3F)n(C(S)(S)S)c(=O)c2C(S)(S)S)c1OC(F)(F)F. The monoisotopic (exact) mass is 945 g/mol. The van der Waals surface area contributed by atoms with E-state index >= 15 is 4.39 Å². The Morgan fingerprint density at radius 1 is 1.04 bits per heavy atom. The van der Waals surface area contributed by atoms with Crippen molar-refractivity contribution in [3.05, 3.63) is 67.3 Å². The number of halogens is 5. The lowest BCUT2D eigenvalue weighted by atomic mass is 9.93. The van der Waals surface area contributed by atoms with Crippen LogP contribution in [0.5, 0.6) is 17.2 Å². The van der Waals surface area contributed by atoms with Crippen molar-refractivity contribution >= 4 is 132 Å². The minimum absolute atomic E-state index is 0.117. The molecule has 0 bridgehead atoms. The predicted molar refractivity (Wildman–Crippen MR) is 211 cm³/mol. The zero-order valence-electron chi connectivity index (χ0n) is 25.2. The van der Waals surface area contributed by atoms with Gasteiger partial charge in [0.15, 0.2) is 20.8 Å². The van der Waals surface area contributed by atoms with E-state index in [1.54, 1.807) is 0 Å². The molecule has 0 unspecified atom stereocenters. The molecule has 2 aromatic carbocycles. The van der Waals surface area contributed by atoms with Gasteiger partial charge in [0.25, 0.3) is 21.7 Å². The summed E-state index contributed by atoms with van der Waals surface area (Å²) in [6, 6.07) is 6.66. The minimum atomic E-state index is -5.40. The van der Waals surface area contributed by atoms with Crippen LogP contribution >= 0.6 is 98.4 Å². The Morgan fingerprint density at radius 3 is 2.22 bits per heavy atom. The second-order valence-corrected chi connectivity index (χ2v) is 19.4. The lowest BCUT2D eigenvalue weighted by Crippen LogP contribution is -2.42. The van der Waals surface area contributed by atoms with Crippen LogP contribution < -0.4 is 35.1 Å². The van der Waals surface area contributed by atoms with E-state index in [-0.39, 0.29) is 18.3 Å². The molecule has 274 valence electrons. The third kappa shape index (κ3) is 10.1. The molecule has 1 heterocycles. The molecule has 23 heteroatoms. The fourth-order valence-electron chi connectivity index (χ4n) is 4.57. The molecule has 1 aromatic heterocycles. The molecule has 1 aliphatic rings. The van der Waals surface area contributed by atoms with Gasteiger partial charge in [-0.25, -0.2) is 4.39 Å². The first kappa shape index (κ1) is 41.3. The van der Waals surface area contributed by atoms with Crippen LogP contribution in [0.25, 0.3) is 0 Å². The van der Waals surface area contributed by atoms with E-state index in [9.17, 15) is 31.2 Å². The third-order valence-electron chi connectivity index (χ3n) is 6.81. The number of alkyl halides is 3. The number of thiol groups is 6.